The van der Waals surface area contributed by atoms with Crippen molar-refractivity contribution < 1.29 is 13.9 Å². The van der Waals surface area contributed by atoms with E-state index in [9.17, 15) is 4.79 Å². The molecule has 1 aliphatic heterocycles. The number of hydrogen-bond acceptors (Lipinski definition) is 5. The molecule has 1 amide bonds. The van der Waals surface area contributed by atoms with Gasteiger partial charge in [0.25, 0.3) is 0 Å². The van der Waals surface area contributed by atoms with Crippen LogP contribution in [0.3, 0.4) is 0 Å². The molecular weight excluding hydrogens is 342 g/mol. The first-order valence-electron chi connectivity index (χ1n) is 9.79. The first-order valence-corrected chi connectivity index (χ1v) is 9.79. The maximum Gasteiger partial charge on any atom is 0.238 e. The Morgan fingerprint density at radius 1 is 1.26 bits per heavy atom. The Morgan fingerprint density at radius 2 is 2.07 bits per heavy atom. The number of amides is 1. The monoisotopic (exact) mass is 369 g/mol. The summed E-state index contributed by atoms with van der Waals surface area (Å²) in [5, 5.41) is 6.40. The van der Waals surface area contributed by atoms with Crippen molar-refractivity contribution >= 4 is 5.91 Å². The van der Waals surface area contributed by atoms with E-state index in [1.54, 1.807) is 0 Å². The third kappa shape index (κ3) is 4.70. The van der Waals surface area contributed by atoms with Crippen LogP contribution < -0.4 is 15.4 Å². The minimum Gasteiger partial charge on any atom is -0.494 e. The van der Waals surface area contributed by atoms with E-state index in [4.69, 9.17) is 9.15 Å². The van der Waals surface area contributed by atoms with Crippen LogP contribution in [0.1, 0.15) is 25.5 Å². The van der Waals surface area contributed by atoms with Gasteiger partial charge in [-0.25, -0.2) is 0 Å². The van der Waals surface area contributed by atoms with Gasteiger partial charge >= 0.3 is 0 Å². The van der Waals surface area contributed by atoms with E-state index in [0.29, 0.717) is 25.7 Å². The average Bonchev–Trinajstić information content (AvgIpc) is 3.38. The van der Waals surface area contributed by atoms with Crippen molar-refractivity contribution in [3.8, 4) is 17.1 Å². The predicted molar refractivity (Wildman–Crippen MR) is 104 cm³/mol. The fourth-order valence-corrected chi connectivity index (χ4v) is 3.38. The van der Waals surface area contributed by atoms with Crippen LogP contribution in [-0.4, -0.2) is 49.1 Å². The van der Waals surface area contributed by atoms with Crippen molar-refractivity contribution in [1.82, 2.24) is 15.5 Å². The Bertz CT molecular complexity index is 767. The predicted octanol–water partition coefficient (Wildman–Crippen LogP) is 2.40. The largest absolute Gasteiger partial charge is 0.494 e. The van der Waals surface area contributed by atoms with Crippen LogP contribution in [0.5, 0.6) is 5.75 Å². The number of carbonyl (C=O) groups is 1. The van der Waals surface area contributed by atoms with Crippen LogP contribution in [-0.2, 0) is 11.3 Å². The number of benzene rings is 1. The molecule has 1 aromatic carbocycles. The molecule has 1 saturated heterocycles. The number of hydrogen-bond donors (Lipinski definition) is 2. The van der Waals surface area contributed by atoms with Crippen LogP contribution in [0, 0.1) is 0 Å². The molecule has 144 valence electrons. The smallest absolute Gasteiger partial charge is 0.238 e. The maximum absolute atomic E-state index is 12.3. The lowest BCUT2D eigenvalue weighted by Gasteiger charge is -2.32. The fraction of sp³-hybridized carbons (Fsp3) is 0.476. The molecule has 2 aromatic rings. The molecule has 2 aliphatic rings. The van der Waals surface area contributed by atoms with Crippen molar-refractivity contribution in [1.29, 1.82) is 0 Å². The summed E-state index contributed by atoms with van der Waals surface area (Å²) in [7, 11) is 0. The SMILES string of the molecule is CCOc1ccc(-c2ccc(CN3CCN[C@H](C(=O)NC4CC4)C3)o2)cc1. The molecule has 1 aromatic heterocycles. The van der Waals surface area contributed by atoms with Gasteiger partial charge in [0.1, 0.15) is 17.3 Å². The van der Waals surface area contributed by atoms with E-state index in [1.165, 1.54) is 0 Å². The zero-order valence-corrected chi connectivity index (χ0v) is 15.7. The van der Waals surface area contributed by atoms with E-state index in [2.05, 4.69) is 15.5 Å². The molecule has 6 heteroatoms. The molecule has 1 saturated carbocycles. The summed E-state index contributed by atoms with van der Waals surface area (Å²) in [6.07, 6.45) is 2.23. The Hall–Kier alpha value is -2.31. The normalized spacial score (nSPS) is 20.4. The quantitative estimate of drug-likeness (QED) is 0.785. The highest BCUT2D eigenvalue weighted by Crippen LogP contribution is 2.25. The van der Waals surface area contributed by atoms with Gasteiger partial charge in [0.15, 0.2) is 0 Å². The summed E-state index contributed by atoms with van der Waals surface area (Å²) in [6, 6.07) is 12.2. The standard InChI is InChI=1S/C21H27N3O3/c1-2-26-17-7-3-15(4-8-17)20-10-9-18(27-20)13-24-12-11-22-19(14-24)21(25)23-16-5-6-16/h3-4,7-10,16,19,22H,2,5-6,11-14H2,1H3,(H,23,25)/t19-/m0/s1. The lowest BCUT2D eigenvalue weighted by atomic mass is 10.1. The molecule has 6 nitrogen and oxygen atoms in total. The van der Waals surface area contributed by atoms with Gasteiger partial charge in [0.05, 0.1) is 19.2 Å². The lowest BCUT2D eigenvalue weighted by Crippen LogP contribution is -2.57. The highest BCUT2D eigenvalue weighted by atomic mass is 16.5. The molecule has 0 unspecified atom stereocenters. The topological polar surface area (TPSA) is 66.7 Å². The van der Waals surface area contributed by atoms with E-state index >= 15 is 0 Å². The van der Waals surface area contributed by atoms with Crippen molar-refractivity contribution in [2.45, 2.75) is 38.4 Å². The van der Waals surface area contributed by atoms with E-state index in [-0.39, 0.29) is 11.9 Å². The van der Waals surface area contributed by atoms with Crippen LogP contribution in [0.4, 0.5) is 0 Å². The summed E-state index contributed by atoms with van der Waals surface area (Å²) in [5.41, 5.74) is 1.03. The average molecular weight is 369 g/mol. The molecule has 1 atom stereocenters. The van der Waals surface area contributed by atoms with Gasteiger partial charge < -0.3 is 19.8 Å². The minimum atomic E-state index is -0.139. The molecule has 0 spiro atoms. The highest BCUT2D eigenvalue weighted by molar-refractivity contribution is 5.82. The molecule has 2 heterocycles. The maximum atomic E-state index is 12.3. The summed E-state index contributed by atoms with van der Waals surface area (Å²) in [5.74, 6) is 2.76. The number of furan rings is 1. The van der Waals surface area contributed by atoms with E-state index in [0.717, 1.165) is 48.8 Å². The number of carbonyl (C=O) groups excluding carboxylic acids is 1. The molecule has 4 rings (SSSR count). The molecule has 1 aliphatic carbocycles. The van der Waals surface area contributed by atoms with Crippen LogP contribution in [0.15, 0.2) is 40.8 Å². The number of piperazine rings is 1. The Balaban J connectivity index is 1.34. The molecule has 0 radical (unpaired) electrons. The zero-order chi connectivity index (χ0) is 18.6. The van der Waals surface area contributed by atoms with Gasteiger partial charge in [-0.2, -0.15) is 0 Å². The van der Waals surface area contributed by atoms with Crippen LogP contribution in [0.2, 0.25) is 0 Å². The number of ether oxygens (including phenoxy) is 1. The highest BCUT2D eigenvalue weighted by Gasteiger charge is 2.30. The van der Waals surface area contributed by atoms with Gasteiger partial charge in [0.2, 0.25) is 5.91 Å². The molecular formula is C21H27N3O3. The lowest BCUT2D eigenvalue weighted by molar-refractivity contribution is -0.124. The summed E-state index contributed by atoms with van der Waals surface area (Å²) < 4.78 is 11.5. The molecule has 0 bridgehead atoms. The molecule has 2 N–H and O–H groups in total. The summed E-state index contributed by atoms with van der Waals surface area (Å²) in [6.45, 7) is 5.78. The zero-order valence-electron chi connectivity index (χ0n) is 15.7. The van der Waals surface area contributed by atoms with Crippen molar-refractivity contribution in [2.24, 2.45) is 0 Å². The second-order valence-corrected chi connectivity index (χ2v) is 7.25. The van der Waals surface area contributed by atoms with Crippen molar-refractivity contribution in [3.05, 3.63) is 42.2 Å². The Labute approximate surface area is 159 Å². The summed E-state index contributed by atoms with van der Waals surface area (Å²) >= 11 is 0. The third-order valence-electron chi connectivity index (χ3n) is 4.99. The van der Waals surface area contributed by atoms with Gasteiger partial charge in [-0.15, -0.1) is 0 Å². The number of nitrogens with one attached hydrogen (secondary N) is 2. The van der Waals surface area contributed by atoms with Gasteiger partial charge in [0, 0.05) is 31.2 Å². The fourth-order valence-electron chi connectivity index (χ4n) is 3.38. The van der Waals surface area contributed by atoms with Crippen LogP contribution in [0.25, 0.3) is 11.3 Å². The van der Waals surface area contributed by atoms with Gasteiger partial charge in [-0.05, 0) is 56.2 Å². The van der Waals surface area contributed by atoms with Crippen molar-refractivity contribution in [3.63, 3.8) is 0 Å². The van der Waals surface area contributed by atoms with Crippen LogP contribution >= 0.6 is 0 Å². The third-order valence-corrected chi connectivity index (χ3v) is 4.99. The number of nitrogens with zero attached hydrogens (tertiary/aromatic N) is 1. The first kappa shape index (κ1) is 18.1. The first-order chi connectivity index (χ1) is 13.2. The van der Waals surface area contributed by atoms with Crippen molar-refractivity contribution in [2.75, 3.05) is 26.2 Å². The Kier molecular flexibility index (Phi) is 5.45. The molecule has 27 heavy (non-hydrogen) atoms. The van der Waals surface area contributed by atoms with Gasteiger partial charge in [-0.1, -0.05) is 0 Å². The minimum absolute atomic E-state index is 0.122. The van der Waals surface area contributed by atoms with E-state index < -0.39 is 0 Å². The second-order valence-electron chi connectivity index (χ2n) is 7.25. The van der Waals surface area contributed by atoms with E-state index in [1.807, 2.05) is 43.3 Å². The Morgan fingerprint density at radius 3 is 2.81 bits per heavy atom. The molecule has 2 fully saturated rings. The summed E-state index contributed by atoms with van der Waals surface area (Å²) in [4.78, 5) is 14.5. The second kappa shape index (κ2) is 8.15. The number of rotatable bonds is 7. The van der Waals surface area contributed by atoms with Gasteiger partial charge in [-0.3, -0.25) is 9.69 Å².